The molecule has 264 valence electrons. The van der Waals surface area contributed by atoms with E-state index in [1.54, 1.807) is 0 Å². The molecule has 0 radical (unpaired) electrons. The molecule has 0 fully saturated rings. The predicted molar refractivity (Wildman–Crippen MR) is 235 cm³/mol. The first-order chi connectivity index (χ1) is 28.3. The van der Waals surface area contributed by atoms with Crippen LogP contribution in [0.2, 0.25) is 0 Å². The molecule has 5 nitrogen and oxygen atoms in total. The van der Waals surface area contributed by atoms with Gasteiger partial charge in [-0.2, -0.15) is 0 Å². The summed E-state index contributed by atoms with van der Waals surface area (Å²) in [6.45, 7) is 0. The van der Waals surface area contributed by atoms with E-state index in [1.807, 2.05) is 24.3 Å². The first kappa shape index (κ1) is 30.6. The summed E-state index contributed by atoms with van der Waals surface area (Å²) < 4.78 is 11.5. The number of fused-ring (bicyclic) bond motifs is 13. The third-order valence-corrected chi connectivity index (χ3v) is 11.9. The van der Waals surface area contributed by atoms with Crippen LogP contribution in [0.5, 0.6) is 0 Å². The molecular weight excluding hydrogens is 697 g/mol. The van der Waals surface area contributed by atoms with Crippen molar-refractivity contribution >= 4 is 82.0 Å². The van der Waals surface area contributed by atoms with Crippen molar-refractivity contribution in [3.05, 3.63) is 182 Å². The van der Waals surface area contributed by atoms with Gasteiger partial charge in [0.1, 0.15) is 11.1 Å². The fraction of sp³-hybridized carbons (Fsp3) is 0. The van der Waals surface area contributed by atoms with Crippen molar-refractivity contribution < 1.29 is 4.42 Å². The summed E-state index contributed by atoms with van der Waals surface area (Å²) in [6, 6.07) is 64.7. The lowest BCUT2D eigenvalue weighted by Crippen LogP contribution is -2.01. The van der Waals surface area contributed by atoms with E-state index in [-0.39, 0.29) is 0 Å². The third-order valence-electron chi connectivity index (χ3n) is 11.9. The quantitative estimate of drug-likeness (QED) is 0.181. The number of hydrogen-bond donors (Lipinski definition) is 0. The summed E-state index contributed by atoms with van der Waals surface area (Å²) in [4.78, 5) is 10.7. The summed E-state index contributed by atoms with van der Waals surface area (Å²) in [5.41, 5.74) is 13.7. The van der Waals surface area contributed by atoms with Gasteiger partial charge in [-0.1, -0.05) is 140 Å². The average Bonchev–Trinajstić information content (AvgIpc) is 4.02. The van der Waals surface area contributed by atoms with E-state index in [9.17, 15) is 0 Å². The molecule has 0 atom stereocenters. The van der Waals surface area contributed by atoms with Gasteiger partial charge in [-0.05, 0) is 64.7 Å². The number of para-hydroxylation sites is 3. The summed E-state index contributed by atoms with van der Waals surface area (Å²) in [6.07, 6.45) is 0. The third kappa shape index (κ3) is 4.23. The second-order valence-electron chi connectivity index (χ2n) is 14.9. The zero-order valence-electron chi connectivity index (χ0n) is 30.5. The maximum absolute atomic E-state index is 6.75. The van der Waals surface area contributed by atoms with Gasteiger partial charge in [0.25, 0.3) is 0 Å². The summed E-state index contributed by atoms with van der Waals surface area (Å²) >= 11 is 0. The summed E-state index contributed by atoms with van der Waals surface area (Å²) in [7, 11) is 0. The molecule has 0 bridgehead atoms. The molecule has 0 unspecified atom stereocenters. The number of benzene rings is 8. The summed E-state index contributed by atoms with van der Waals surface area (Å²) in [5.74, 6) is 1.37. The van der Waals surface area contributed by atoms with E-state index < -0.39 is 0 Å². The lowest BCUT2D eigenvalue weighted by atomic mass is 10.00. The minimum Gasteiger partial charge on any atom is -0.450 e. The second-order valence-corrected chi connectivity index (χ2v) is 14.9. The van der Waals surface area contributed by atoms with E-state index in [1.165, 1.54) is 65.6 Å². The van der Waals surface area contributed by atoms with Crippen LogP contribution in [-0.2, 0) is 0 Å². The van der Waals surface area contributed by atoms with Crippen LogP contribution in [0.15, 0.2) is 186 Å². The average molecular weight is 727 g/mol. The van der Waals surface area contributed by atoms with Crippen LogP contribution < -0.4 is 0 Å². The van der Waals surface area contributed by atoms with Crippen LogP contribution in [0.4, 0.5) is 0 Å². The highest BCUT2D eigenvalue weighted by Gasteiger charge is 2.27. The molecule has 0 aliphatic carbocycles. The first-order valence-corrected chi connectivity index (χ1v) is 19.3. The van der Waals surface area contributed by atoms with Crippen LogP contribution in [0.1, 0.15) is 0 Å². The molecule has 5 aromatic heterocycles. The number of hydrogen-bond acceptors (Lipinski definition) is 3. The Morgan fingerprint density at radius 2 is 0.965 bits per heavy atom. The van der Waals surface area contributed by atoms with E-state index in [2.05, 4.69) is 167 Å². The lowest BCUT2D eigenvalue weighted by molar-refractivity contribution is 0.662. The predicted octanol–water partition coefficient (Wildman–Crippen LogP) is 13.6. The molecule has 5 heterocycles. The monoisotopic (exact) mass is 726 g/mol. The molecule has 13 aromatic rings. The fourth-order valence-electron chi connectivity index (χ4n) is 9.35. The van der Waals surface area contributed by atoms with E-state index >= 15 is 0 Å². The lowest BCUT2D eigenvalue weighted by Gasteiger charge is -2.11. The Hall–Kier alpha value is -7.76. The maximum atomic E-state index is 6.75. The highest BCUT2D eigenvalue weighted by atomic mass is 16.3. The van der Waals surface area contributed by atoms with Crippen molar-refractivity contribution in [2.75, 3.05) is 0 Å². The molecule has 0 saturated carbocycles. The Balaban J connectivity index is 1.17. The maximum Gasteiger partial charge on any atom is 0.197 e. The first-order valence-electron chi connectivity index (χ1n) is 19.3. The van der Waals surface area contributed by atoms with Crippen molar-refractivity contribution in [1.82, 2.24) is 18.9 Å². The molecule has 0 aliphatic heterocycles. The smallest absolute Gasteiger partial charge is 0.197 e. The topological polar surface area (TPSA) is 48.3 Å². The van der Waals surface area contributed by atoms with E-state index in [0.717, 1.165) is 44.5 Å². The number of aromatic nitrogens is 4. The van der Waals surface area contributed by atoms with Crippen molar-refractivity contribution in [2.24, 2.45) is 0 Å². The molecule has 0 saturated heterocycles. The van der Waals surface area contributed by atoms with Crippen LogP contribution in [0.25, 0.3) is 121 Å². The molecular formula is C52H30N4O. The Kier molecular flexibility index (Phi) is 6.10. The molecule has 0 N–H and O–H groups in total. The Labute approximate surface area is 325 Å². The molecule has 0 aliphatic rings. The van der Waals surface area contributed by atoms with Crippen LogP contribution in [0.3, 0.4) is 0 Å². The zero-order valence-corrected chi connectivity index (χ0v) is 30.5. The van der Waals surface area contributed by atoms with Gasteiger partial charge in [0, 0.05) is 43.3 Å². The van der Waals surface area contributed by atoms with Crippen LogP contribution in [-0.4, -0.2) is 18.9 Å². The highest BCUT2D eigenvalue weighted by Crippen LogP contribution is 2.48. The number of rotatable bonds is 4. The van der Waals surface area contributed by atoms with Gasteiger partial charge < -0.3 is 8.82 Å². The Morgan fingerprint density at radius 3 is 1.74 bits per heavy atom. The van der Waals surface area contributed by atoms with Gasteiger partial charge in [0.05, 0.1) is 27.6 Å². The van der Waals surface area contributed by atoms with Crippen LogP contribution in [0, 0.1) is 0 Å². The van der Waals surface area contributed by atoms with Gasteiger partial charge in [0.15, 0.2) is 17.2 Å². The van der Waals surface area contributed by atoms with Gasteiger partial charge in [0.2, 0.25) is 0 Å². The SMILES string of the molecule is c1ccc(-c2ccc(-c3nc(-n4c5ccccc5c5c6c7ccccc7n7c8ccc(-c9ccccc9)cc8c(cc54)c67)c4oc5ccccc5c4n3)cc2)cc1. The standard InChI is InChI=1S/C52H30N4O/c1-3-13-31(14-4-1)33-23-25-34(26-24-33)51-53-48-38-19-9-12-22-45(38)57-50(48)52(54-51)56-42-21-11-7-17-36(42)46-44(56)30-40-39-29-35(32-15-5-2-6-16-32)27-28-43(39)55-41-20-10-8-18-37(41)47(46)49(40)55/h1-30H. The van der Waals surface area contributed by atoms with Gasteiger partial charge in [-0.15, -0.1) is 0 Å². The van der Waals surface area contributed by atoms with Gasteiger partial charge in [-0.3, -0.25) is 4.57 Å². The fourth-order valence-corrected chi connectivity index (χ4v) is 9.35. The Morgan fingerprint density at radius 1 is 0.386 bits per heavy atom. The molecule has 0 amide bonds. The zero-order chi connectivity index (χ0) is 37.2. The number of nitrogens with zero attached hydrogens (tertiary/aromatic N) is 4. The largest absolute Gasteiger partial charge is 0.450 e. The van der Waals surface area contributed by atoms with Crippen molar-refractivity contribution in [1.29, 1.82) is 0 Å². The van der Waals surface area contributed by atoms with Gasteiger partial charge >= 0.3 is 0 Å². The van der Waals surface area contributed by atoms with Gasteiger partial charge in [-0.25, -0.2) is 9.97 Å². The summed E-state index contributed by atoms with van der Waals surface area (Å²) in [5, 5.41) is 8.23. The van der Waals surface area contributed by atoms with Crippen molar-refractivity contribution in [3.8, 4) is 39.5 Å². The molecule has 57 heavy (non-hydrogen) atoms. The molecule has 13 rings (SSSR count). The normalized spacial score (nSPS) is 12.2. The van der Waals surface area contributed by atoms with E-state index in [4.69, 9.17) is 14.4 Å². The highest BCUT2D eigenvalue weighted by molar-refractivity contribution is 6.36. The molecule has 8 aromatic carbocycles. The molecule has 5 heteroatoms. The van der Waals surface area contributed by atoms with Crippen molar-refractivity contribution in [3.63, 3.8) is 0 Å². The number of furan rings is 1. The van der Waals surface area contributed by atoms with Crippen LogP contribution >= 0.6 is 0 Å². The van der Waals surface area contributed by atoms with Crippen molar-refractivity contribution in [2.45, 2.75) is 0 Å². The second kappa shape index (κ2) is 11.4. The Bertz CT molecular complexity index is 3730. The molecule has 0 spiro atoms. The minimum absolute atomic E-state index is 0.648. The van der Waals surface area contributed by atoms with E-state index in [0.29, 0.717) is 11.4 Å². The minimum atomic E-state index is 0.648.